The van der Waals surface area contributed by atoms with Crippen molar-refractivity contribution in [2.45, 2.75) is 18.3 Å². The molecule has 6 heteroatoms. The molecule has 1 fully saturated rings. The number of sulfone groups is 1. The normalized spacial score (nSPS) is 17.1. The topological polar surface area (TPSA) is 86.2 Å². The Bertz CT molecular complexity index is 728. The van der Waals surface area contributed by atoms with Crippen molar-refractivity contribution in [1.29, 1.82) is 0 Å². The summed E-state index contributed by atoms with van der Waals surface area (Å²) in [6.45, 7) is 0. The summed E-state index contributed by atoms with van der Waals surface area (Å²) in [5.74, 6) is 0.496. The first-order chi connectivity index (χ1) is 9.38. The monoisotopic (exact) mass is 292 g/mol. The van der Waals surface area contributed by atoms with Crippen LogP contribution in [-0.4, -0.2) is 25.6 Å². The van der Waals surface area contributed by atoms with Crippen molar-refractivity contribution in [3.8, 4) is 11.3 Å². The maximum absolute atomic E-state index is 11.5. The number of hydrogen-bond donors (Lipinski definition) is 1. The summed E-state index contributed by atoms with van der Waals surface area (Å²) in [6, 6.07) is 9.46. The zero-order valence-corrected chi connectivity index (χ0v) is 12.0. The highest BCUT2D eigenvalue weighted by atomic mass is 32.2. The molecule has 1 aromatic carbocycles. The van der Waals surface area contributed by atoms with E-state index in [-0.39, 0.29) is 17.1 Å². The number of nitrogens with two attached hydrogens (primary N) is 1. The predicted octanol–water partition coefficient (Wildman–Crippen LogP) is 2.00. The zero-order valence-electron chi connectivity index (χ0n) is 11.2. The van der Waals surface area contributed by atoms with Crippen molar-refractivity contribution >= 4 is 15.7 Å². The van der Waals surface area contributed by atoms with Gasteiger partial charge in [0.25, 0.3) is 0 Å². The lowest BCUT2D eigenvalue weighted by molar-refractivity contribution is 0.439. The fourth-order valence-electron chi connectivity index (χ4n) is 2.59. The molecule has 3 rings (SSSR count). The number of rotatable bonds is 4. The van der Waals surface area contributed by atoms with Gasteiger partial charge < -0.3 is 10.3 Å². The number of anilines is 1. The summed E-state index contributed by atoms with van der Waals surface area (Å²) in [7, 11) is -2.97. The zero-order chi connectivity index (χ0) is 14.4. The Balaban J connectivity index is 1.87. The summed E-state index contributed by atoms with van der Waals surface area (Å²) >= 11 is 0. The molecule has 0 atom stereocenters. The van der Waals surface area contributed by atoms with Crippen LogP contribution in [0.15, 0.2) is 34.9 Å². The van der Waals surface area contributed by atoms with E-state index in [0.717, 1.165) is 24.0 Å². The first-order valence-corrected chi connectivity index (χ1v) is 8.45. The van der Waals surface area contributed by atoms with Crippen LogP contribution in [0.1, 0.15) is 18.4 Å². The van der Waals surface area contributed by atoms with Gasteiger partial charge in [0.2, 0.25) is 5.88 Å². The molecule has 0 aliphatic heterocycles. The predicted molar refractivity (Wildman–Crippen MR) is 77.0 cm³/mol. The Kier molecular flexibility index (Phi) is 2.86. The van der Waals surface area contributed by atoms with Gasteiger partial charge in [-0.2, -0.15) is 0 Å². The molecule has 106 valence electrons. The highest BCUT2D eigenvalue weighted by molar-refractivity contribution is 7.90. The molecule has 2 aromatic rings. The lowest BCUT2D eigenvalue weighted by Gasteiger charge is -2.14. The fraction of sp³-hybridized carbons (Fsp3) is 0.357. The summed E-state index contributed by atoms with van der Waals surface area (Å²) < 4.78 is 27.9. The molecule has 0 bridgehead atoms. The van der Waals surface area contributed by atoms with Gasteiger partial charge in [0.05, 0.1) is 5.75 Å². The average Bonchev–Trinajstić information content (AvgIpc) is 3.00. The van der Waals surface area contributed by atoms with Gasteiger partial charge in [-0.15, -0.1) is 0 Å². The van der Waals surface area contributed by atoms with E-state index in [9.17, 15) is 8.42 Å². The minimum absolute atomic E-state index is 0.186. The molecule has 0 spiro atoms. The fourth-order valence-corrected chi connectivity index (χ4v) is 4.05. The van der Waals surface area contributed by atoms with Crippen LogP contribution in [0.2, 0.25) is 0 Å². The van der Waals surface area contributed by atoms with Gasteiger partial charge in [-0.25, -0.2) is 8.42 Å². The van der Waals surface area contributed by atoms with E-state index in [1.807, 2.05) is 24.3 Å². The average molecular weight is 292 g/mol. The standard InChI is InChI=1S/C14H16N2O3S/c1-20(17,18)9-14(6-7-14)11-4-2-10(3-5-11)12-8-13(15)19-16-12/h2-5,8H,6-7,9,15H2,1H3. The number of nitrogen functional groups attached to an aromatic ring is 1. The van der Waals surface area contributed by atoms with Crippen LogP contribution in [0.25, 0.3) is 11.3 Å². The van der Waals surface area contributed by atoms with Crippen LogP contribution in [-0.2, 0) is 15.3 Å². The molecule has 1 saturated carbocycles. The van der Waals surface area contributed by atoms with E-state index in [0.29, 0.717) is 5.69 Å². The van der Waals surface area contributed by atoms with E-state index < -0.39 is 9.84 Å². The van der Waals surface area contributed by atoms with Crippen LogP contribution in [0, 0.1) is 0 Å². The van der Waals surface area contributed by atoms with Gasteiger partial charge >= 0.3 is 0 Å². The maximum Gasteiger partial charge on any atom is 0.222 e. The second-order valence-electron chi connectivity index (χ2n) is 5.54. The molecule has 0 unspecified atom stereocenters. The number of benzene rings is 1. The third kappa shape index (κ3) is 2.56. The van der Waals surface area contributed by atoms with Crippen LogP contribution < -0.4 is 5.73 Å². The molecular formula is C14H16N2O3S. The van der Waals surface area contributed by atoms with Crippen LogP contribution in [0.3, 0.4) is 0 Å². The Hall–Kier alpha value is -1.82. The van der Waals surface area contributed by atoms with Crippen LogP contribution in [0.4, 0.5) is 5.88 Å². The van der Waals surface area contributed by atoms with E-state index in [2.05, 4.69) is 5.16 Å². The minimum Gasteiger partial charge on any atom is -0.368 e. The lowest BCUT2D eigenvalue weighted by Crippen LogP contribution is -2.19. The Labute approximate surface area is 117 Å². The summed E-state index contributed by atoms with van der Waals surface area (Å²) in [6.07, 6.45) is 3.15. The molecule has 20 heavy (non-hydrogen) atoms. The molecule has 1 aromatic heterocycles. The van der Waals surface area contributed by atoms with E-state index in [1.165, 1.54) is 6.26 Å². The second kappa shape index (κ2) is 4.34. The van der Waals surface area contributed by atoms with Crippen molar-refractivity contribution in [3.05, 3.63) is 35.9 Å². The summed E-state index contributed by atoms with van der Waals surface area (Å²) in [5.41, 5.74) is 7.97. The number of aromatic nitrogens is 1. The molecule has 0 saturated heterocycles. The number of hydrogen-bond acceptors (Lipinski definition) is 5. The van der Waals surface area contributed by atoms with Crippen molar-refractivity contribution in [3.63, 3.8) is 0 Å². The SMILES string of the molecule is CS(=O)(=O)CC1(c2ccc(-c3cc(N)on3)cc2)CC1. The molecule has 0 amide bonds. The first kappa shape index (κ1) is 13.2. The highest BCUT2D eigenvalue weighted by Gasteiger charge is 2.46. The van der Waals surface area contributed by atoms with Gasteiger partial charge in [0.1, 0.15) is 15.5 Å². The van der Waals surface area contributed by atoms with Crippen molar-refractivity contribution in [2.75, 3.05) is 17.7 Å². The Morgan fingerprint density at radius 1 is 1.30 bits per heavy atom. The third-order valence-electron chi connectivity index (χ3n) is 3.71. The molecule has 0 radical (unpaired) electrons. The molecule has 1 aliphatic rings. The van der Waals surface area contributed by atoms with E-state index >= 15 is 0 Å². The molecule has 2 N–H and O–H groups in total. The maximum atomic E-state index is 11.5. The molecule has 1 heterocycles. The van der Waals surface area contributed by atoms with Gasteiger partial charge in [-0.1, -0.05) is 29.4 Å². The lowest BCUT2D eigenvalue weighted by atomic mass is 9.96. The summed E-state index contributed by atoms with van der Waals surface area (Å²) in [4.78, 5) is 0. The van der Waals surface area contributed by atoms with Crippen molar-refractivity contribution < 1.29 is 12.9 Å². The molecule has 5 nitrogen and oxygen atoms in total. The molecule has 1 aliphatic carbocycles. The van der Waals surface area contributed by atoms with Crippen LogP contribution in [0.5, 0.6) is 0 Å². The van der Waals surface area contributed by atoms with E-state index in [4.69, 9.17) is 10.3 Å². The highest BCUT2D eigenvalue weighted by Crippen LogP contribution is 2.49. The Morgan fingerprint density at radius 3 is 2.40 bits per heavy atom. The van der Waals surface area contributed by atoms with Crippen molar-refractivity contribution in [1.82, 2.24) is 5.16 Å². The quantitative estimate of drug-likeness (QED) is 0.931. The first-order valence-electron chi connectivity index (χ1n) is 6.39. The van der Waals surface area contributed by atoms with Gasteiger partial charge in [-0.05, 0) is 18.4 Å². The van der Waals surface area contributed by atoms with Crippen LogP contribution >= 0.6 is 0 Å². The smallest absolute Gasteiger partial charge is 0.222 e. The van der Waals surface area contributed by atoms with E-state index in [1.54, 1.807) is 6.07 Å². The molecular weight excluding hydrogens is 276 g/mol. The summed E-state index contributed by atoms with van der Waals surface area (Å²) in [5, 5.41) is 3.86. The second-order valence-corrected chi connectivity index (χ2v) is 7.68. The third-order valence-corrected chi connectivity index (χ3v) is 4.79. The number of nitrogens with zero attached hydrogens (tertiary/aromatic N) is 1. The minimum atomic E-state index is -2.97. The van der Waals surface area contributed by atoms with Crippen molar-refractivity contribution in [2.24, 2.45) is 0 Å². The van der Waals surface area contributed by atoms with Gasteiger partial charge in [0.15, 0.2) is 0 Å². The van der Waals surface area contributed by atoms with Gasteiger partial charge in [-0.3, -0.25) is 0 Å². The Morgan fingerprint density at radius 2 is 1.95 bits per heavy atom. The largest absolute Gasteiger partial charge is 0.368 e. The van der Waals surface area contributed by atoms with Gasteiger partial charge in [0, 0.05) is 23.3 Å².